The molecule has 1 aromatic carbocycles. The number of nitrogens with zero attached hydrogens (tertiary/aromatic N) is 3. The zero-order chi connectivity index (χ0) is 16.6. The summed E-state index contributed by atoms with van der Waals surface area (Å²) in [4.78, 5) is 22.9. The number of hydrogen-bond acceptors (Lipinski definition) is 4. The number of benzene rings is 1. The SMILES string of the molecule is O=C(c1cc(NCCc2ccccc2)ncn1)N1CCCCCC1. The van der Waals surface area contributed by atoms with Crippen molar-refractivity contribution in [3.05, 3.63) is 54.0 Å². The van der Waals surface area contributed by atoms with E-state index in [9.17, 15) is 4.79 Å². The first-order valence-corrected chi connectivity index (χ1v) is 8.72. The van der Waals surface area contributed by atoms with Gasteiger partial charge in [-0.25, -0.2) is 9.97 Å². The molecule has 1 amide bonds. The second kappa shape index (κ2) is 8.43. The van der Waals surface area contributed by atoms with Crippen molar-refractivity contribution in [3.8, 4) is 0 Å². The van der Waals surface area contributed by atoms with Crippen LogP contribution in [0, 0.1) is 0 Å². The van der Waals surface area contributed by atoms with Gasteiger partial charge in [0.05, 0.1) is 0 Å². The fraction of sp³-hybridized carbons (Fsp3) is 0.421. The molecule has 0 unspecified atom stereocenters. The predicted molar refractivity (Wildman–Crippen MR) is 95.0 cm³/mol. The Morgan fingerprint density at radius 2 is 1.79 bits per heavy atom. The van der Waals surface area contributed by atoms with E-state index in [1.807, 2.05) is 23.1 Å². The minimum atomic E-state index is 0.0189. The monoisotopic (exact) mass is 324 g/mol. The van der Waals surface area contributed by atoms with Gasteiger partial charge < -0.3 is 10.2 Å². The highest BCUT2D eigenvalue weighted by atomic mass is 16.2. The van der Waals surface area contributed by atoms with E-state index >= 15 is 0 Å². The third-order valence-electron chi connectivity index (χ3n) is 4.34. The van der Waals surface area contributed by atoms with E-state index in [1.165, 1.54) is 24.7 Å². The maximum absolute atomic E-state index is 12.6. The summed E-state index contributed by atoms with van der Waals surface area (Å²) >= 11 is 0. The van der Waals surface area contributed by atoms with E-state index in [0.29, 0.717) is 11.5 Å². The molecule has 0 radical (unpaired) electrons. The van der Waals surface area contributed by atoms with Gasteiger partial charge in [0.2, 0.25) is 0 Å². The molecule has 0 saturated carbocycles. The smallest absolute Gasteiger partial charge is 0.272 e. The maximum Gasteiger partial charge on any atom is 0.272 e. The molecule has 126 valence electrons. The van der Waals surface area contributed by atoms with Gasteiger partial charge in [0, 0.05) is 25.7 Å². The van der Waals surface area contributed by atoms with Gasteiger partial charge in [0.15, 0.2) is 0 Å². The van der Waals surface area contributed by atoms with Crippen LogP contribution in [0.1, 0.15) is 41.7 Å². The summed E-state index contributed by atoms with van der Waals surface area (Å²) in [5, 5.41) is 3.28. The molecule has 2 heterocycles. The van der Waals surface area contributed by atoms with Crippen LogP contribution < -0.4 is 5.32 Å². The molecule has 0 atom stereocenters. The van der Waals surface area contributed by atoms with Gasteiger partial charge >= 0.3 is 0 Å². The Hall–Kier alpha value is -2.43. The zero-order valence-corrected chi connectivity index (χ0v) is 13.9. The number of rotatable bonds is 5. The molecule has 5 heteroatoms. The van der Waals surface area contributed by atoms with Gasteiger partial charge in [-0.3, -0.25) is 4.79 Å². The molecule has 3 rings (SSSR count). The Morgan fingerprint density at radius 3 is 2.54 bits per heavy atom. The molecule has 24 heavy (non-hydrogen) atoms. The highest BCUT2D eigenvalue weighted by Crippen LogP contribution is 2.13. The third kappa shape index (κ3) is 4.54. The van der Waals surface area contributed by atoms with Gasteiger partial charge in [-0.1, -0.05) is 43.2 Å². The summed E-state index contributed by atoms with van der Waals surface area (Å²) in [5.74, 6) is 0.726. The fourth-order valence-corrected chi connectivity index (χ4v) is 2.99. The number of likely N-dealkylation sites (tertiary alicyclic amines) is 1. The van der Waals surface area contributed by atoms with E-state index in [-0.39, 0.29) is 5.91 Å². The van der Waals surface area contributed by atoms with Crippen LogP contribution >= 0.6 is 0 Å². The lowest BCUT2D eigenvalue weighted by atomic mass is 10.1. The Kier molecular flexibility index (Phi) is 5.77. The number of anilines is 1. The minimum absolute atomic E-state index is 0.0189. The Balaban J connectivity index is 1.58. The number of hydrogen-bond donors (Lipinski definition) is 1. The van der Waals surface area contributed by atoms with Crippen LogP contribution in [-0.2, 0) is 6.42 Å². The van der Waals surface area contributed by atoms with Gasteiger partial charge in [0.1, 0.15) is 17.8 Å². The van der Waals surface area contributed by atoms with E-state index in [4.69, 9.17) is 0 Å². The first kappa shape index (κ1) is 16.4. The van der Waals surface area contributed by atoms with Crippen molar-refractivity contribution in [2.75, 3.05) is 25.0 Å². The quantitative estimate of drug-likeness (QED) is 0.918. The normalized spacial score (nSPS) is 14.9. The number of aromatic nitrogens is 2. The summed E-state index contributed by atoms with van der Waals surface area (Å²) in [6.45, 7) is 2.44. The topological polar surface area (TPSA) is 58.1 Å². The molecule has 1 saturated heterocycles. The van der Waals surface area contributed by atoms with Crippen LogP contribution in [-0.4, -0.2) is 40.4 Å². The zero-order valence-electron chi connectivity index (χ0n) is 13.9. The summed E-state index contributed by atoms with van der Waals surface area (Å²) in [5.41, 5.74) is 1.76. The van der Waals surface area contributed by atoms with Crippen molar-refractivity contribution in [2.45, 2.75) is 32.1 Å². The number of carbonyl (C=O) groups excluding carboxylic acids is 1. The molecule has 0 bridgehead atoms. The molecule has 5 nitrogen and oxygen atoms in total. The fourth-order valence-electron chi connectivity index (χ4n) is 2.99. The molecular weight excluding hydrogens is 300 g/mol. The molecule has 0 spiro atoms. The van der Waals surface area contributed by atoms with Gasteiger partial charge in [-0.05, 0) is 24.8 Å². The van der Waals surface area contributed by atoms with E-state index in [2.05, 4.69) is 27.4 Å². The highest BCUT2D eigenvalue weighted by Gasteiger charge is 2.18. The second-order valence-electron chi connectivity index (χ2n) is 6.16. The summed E-state index contributed by atoms with van der Waals surface area (Å²) in [6, 6.07) is 12.1. The predicted octanol–water partition coefficient (Wildman–Crippen LogP) is 3.15. The van der Waals surface area contributed by atoms with Crippen LogP contribution in [0.5, 0.6) is 0 Å². The van der Waals surface area contributed by atoms with Crippen molar-refractivity contribution in [1.29, 1.82) is 0 Å². The molecule has 1 fully saturated rings. The average molecular weight is 324 g/mol. The first-order chi connectivity index (χ1) is 11.8. The largest absolute Gasteiger partial charge is 0.370 e. The Labute approximate surface area is 143 Å². The number of nitrogens with one attached hydrogen (secondary N) is 1. The van der Waals surface area contributed by atoms with Crippen LogP contribution in [0.4, 0.5) is 5.82 Å². The molecule has 1 aliphatic rings. The standard InChI is InChI=1S/C19H24N4O/c24-19(23-12-6-1-2-7-13-23)17-14-18(22-15-21-17)20-11-10-16-8-4-3-5-9-16/h3-5,8-9,14-15H,1-2,6-7,10-13H2,(H,20,21,22). The summed E-state index contributed by atoms with van der Waals surface area (Å²) in [7, 11) is 0. The van der Waals surface area contributed by atoms with E-state index in [0.717, 1.165) is 38.9 Å². The first-order valence-electron chi connectivity index (χ1n) is 8.72. The summed E-state index contributed by atoms with van der Waals surface area (Å²) in [6.07, 6.45) is 6.97. The van der Waals surface area contributed by atoms with E-state index < -0.39 is 0 Å². The molecule has 1 aliphatic heterocycles. The highest BCUT2D eigenvalue weighted by molar-refractivity contribution is 5.92. The average Bonchev–Trinajstić information content (AvgIpc) is 2.92. The maximum atomic E-state index is 12.6. The lowest BCUT2D eigenvalue weighted by Crippen LogP contribution is -2.32. The molecule has 1 N–H and O–H groups in total. The van der Waals surface area contributed by atoms with Crippen LogP contribution in [0.2, 0.25) is 0 Å². The summed E-state index contributed by atoms with van der Waals surface area (Å²) < 4.78 is 0. The van der Waals surface area contributed by atoms with Crippen molar-refractivity contribution in [1.82, 2.24) is 14.9 Å². The molecular formula is C19H24N4O. The van der Waals surface area contributed by atoms with Crippen molar-refractivity contribution in [2.24, 2.45) is 0 Å². The molecule has 1 aromatic heterocycles. The van der Waals surface area contributed by atoms with Gasteiger partial charge in [-0.15, -0.1) is 0 Å². The number of carbonyl (C=O) groups is 1. The molecule has 2 aromatic rings. The van der Waals surface area contributed by atoms with Crippen molar-refractivity contribution in [3.63, 3.8) is 0 Å². The van der Waals surface area contributed by atoms with E-state index in [1.54, 1.807) is 6.07 Å². The number of amides is 1. The van der Waals surface area contributed by atoms with Crippen LogP contribution in [0.3, 0.4) is 0 Å². The lowest BCUT2D eigenvalue weighted by Gasteiger charge is -2.19. The van der Waals surface area contributed by atoms with Gasteiger partial charge in [-0.2, -0.15) is 0 Å². The second-order valence-corrected chi connectivity index (χ2v) is 6.16. The van der Waals surface area contributed by atoms with Crippen LogP contribution in [0.15, 0.2) is 42.7 Å². The third-order valence-corrected chi connectivity index (χ3v) is 4.34. The Morgan fingerprint density at radius 1 is 1.04 bits per heavy atom. The minimum Gasteiger partial charge on any atom is -0.370 e. The van der Waals surface area contributed by atoms with Crippen molar-refractivity contribution >= 4 is 11.7 Å². The van der Waals surface area contributed by atoms with Crippen LogP contribution in [0.25, 0.3) is 0 Å². The van der Waals surface area contributed by atoms with Crippen molar-refractivity contribution < 1.29 is 4.79 Å². The lowest BCUT2D eigenvalue weighted by molar-refractivity contribution is 0.0755. The Bertz CT molecular complexity index is 651. The van der Waals surface area contributed by atoms with Gasteiger partial charge in [0.25, 0.3) is 5.91 Å². The molecule has 0 aliphatic carbocycles.